The highest BCUT2D eigenvalue weighted by molar-refractivity contribution is 6.06. The first-order valence-corrected chi connectivity index (χ1v) is 7.59. The van der Waals surface area contributed by atoms with E-state index in [0.717, 1.165) is 24.1 Å². The first kappa shape index (κ1) is 14.1. The van der Waals surface area contributed by atoms with Crippen LogP contribution in [0.2, 0.25) is 0 Å². The van der Waals surface area contributed by atoms with Gasteiger partial charge in [0.05, 0.1) is 11.5 Å². The van der Waals surface area contributed by atoms with Crippen molar-refractivity contribution in [3.63, 3.8) is 0 Å². The molecule has 0 aromatic heterocycles. The van der Waals surface area contributed by atoms with E-state index < -0.39 is 5.41 Å². The Kier molecular flexibility index (Phi) is 3.08. The summed E-state index contributed by atoms with van der Waals surface area (Å²) in [4.78, 5) is 26.8. The van der Waals surface area contributed by atoms with Crippen molar-refractivity contribution in [3.8, 4) is 0 Å². The van der Waals surface area contributed by atoms with Crippen LogP contribution in [0, 0.1) is 11.3 Å². The minimum atomic E-state index is -0.562. The fourth-order valence-electron chi connectivity index (χ4n) is 3.51. The highest BCUT2D eigenvalue weighted by atomic mass is 16.2. The molecule has 21 heavy (non-hydrogen) atoms. The number of carbonyl (C=O) groups is 2. The first-order chi connectivity index (χ1) is 9.84. The third-order valence-electron chi connectivity index (χ3n) is 5.29. The third kappa shape index (κ3) is 1.96. The molecule has 0 spiro atoms. The molecule has 0 saturated carbocycles. The van der Waals surface area contributed by atoms with Gasteiger partial charge in [-0.2, -0.15) is 0 Å². The lowest BCUT2D eigenvalue weighted by molar-refractivity contribution is -0.144. The van der Waals surface area contributed by atoms with Crippen LogP contribution in [0.5, 0.6) is 0 Å². The van der Waals surface area contributed by atoms with Crippen molar-refractivity contribution in [1.82, 2.24) is 4.90 Å². The topological polar surface area (TPSA) is 63.4 Å². The van der Waals surface area contributed by atoms with Gasteiger partial charge in [-0.3, -0.25) is 14.5 Å². The maximum absolute atomic E-state index is 12.8. The van der Waals surface area contributed by atoms with Crippen molar-refractivity contribution in [3.05, 3.63) is 29.3 Å². The second kappa shape index (κ2) is 4.58. The molecule has 2 N–H and O–H groups in total. The van der Waals surface area contributed by atoms with E-state index >= 15 is 0 Å². The molecule has 4 nitrogen and oxygen atoms in total. The maximum Gasteiger partial charge on any atom is 0.236 e. The molecule has 1 aromatic rings. The highest BCUT2D eigenvalue weighted by Gasteiger charge is 2.52. The Morgan fingerprint density at radius 3 is 2.67 bits per heavy atom. The molecule has 2 atom stereocenters. The molecule has 1 aromatic carbocycles. The minimum Gasteiger partial charge on any atom is -0.399 e. The molecule has 0 radical (unpaired) electrons. The lowest BCUT2D eigenvalue weighted by Crippen LogP contribution is -2.38. The summed E-state index contributed by atoms with van der Waals surface area (Å²) in [6.07, 6.45) is 2.01. The van der Waals surface area contributed by atoms with E-state index in [-0.39, 0.29) is 23.8 Å². The number of aryl methyl sites for hydroxylation is 1. The molecule has 1 heterocycles. The molecular weight excluding hydrogens is 264 g/mol. The van der Waals surface area contributed by atoms with Crippen LogP contribution in [0.15, 0.2) is 18.2 Å². The molecule has 1 aliphatic carbocycles. The Balaban J connectivity index is 1.97. The average molecular weight is 286 g/mol. The van der Waals surface area contributed by atoms with Gasteiger partial charge in [0.2, 0.25) is 11.8 Å². The van der Waals surface area contributed by atoms with Gasteiger partial charge < -0.3 is 5.73 Å². The monoisotopic (exact) mass is 286 g/mol. The average Bonchev–Trinajstić information content (AvgIpc) is 2.90. The number of rotatable bonds is 2. The number of hydrogen-bond acceptors (Lipinski definition) is 3. The van der Waals surface area contributed by atoms with Gasteiger partial charge in [-0.15, -0.1) is 0 Å². The Labute approximate surface area is 125 Å². The summed E-state index contributed by atoms with van der Waals surface area (Å²) in [5.41, 5.74) is 8.24. The van der Waals surface area contributed by atoms with Crippen molar-refractivity contribution in [2.75, 3.05) is 5.73 Å². The summed E-state index contributed by atoms with van der Waals surface area (Å²) < 4.78 is 0. The van der Waals surface area contributed by atoms with Gasteiger partial charge >= 0.3 is 0 Å². The molecule has 4 heteroatoms. The number of imide groups is 1. The van der Waals surface area contributed by atoms with E-state index in [1.807, 2.05) is 39.0 Å². The van der Waals surface area contributed by atoms with Crippen molar-refractivity contribution < 1.29 is 9.59 Å². The maximum atomic E-state index is 12.8. The minimum absolute atomic E-state index is 0.0165. The van der Waals surface area contributed by atoms with Crippen molar-refractivity contribution >= 4 is 17.5 Å². The number of carbonyl (C=O) groups excluding carboxylic acids is 2. The normalized spacial score (nSPS) is 28.6. The molecule has 1 aliphatic heterocycles. The number of nitrogens with zero attached hydrogens (tertiary/aromatic N) is 1. The Hall–Kier alpha value is -1.84. The van der Waals surface area contributed by atoms with Gasteiger partial charge in [0.15, 0.2) is 0 Å². The van der Waals surface area contributed by atoms with E-state index in [9.17, 15) is 9.59 Å². The molecule has 1 fully saturated rings. The van der Waals surface area contributed by atoms with Crippen LogP contribution in [0.25, 0.3) is 0 Å². The summed E-state index contributed by atoms with van der Waals surface area (Å²) in [5.74, 6) is 0.106. The summed E-state index contributed by atoms with van der Waals surface area (Å²) >= 11 is 0. The van der Waals surface area contributed by atoms with Crippen molar-refractivity contribution in [2.24, 2.45) is 11.3 Å². The molecule has 2 amide bonds. The van der Waals surface area contributed by atoms with Crippen LogP contribution in [0.3, 0.4) is 0 Å². The number of benzene rings is 1. The largest absolute Gasteiger partial charge is 0.399 e. The predicted molar refractivity (Wildman–Crippen MR) is 81.3 cm³/mol. The van der Waals surface area contributed by atoms with E-state index in [1.165, 1.54) is 10.5 Å². The summed E-state index contributed by atoms with van der Waals surface area (Å²) in [5, 5.41) is 0. The SMILES string of the molecule is CC(C)C1(C)CC(=O)N(C2CCc3cc(N)ccc32)C1=O. The van der Waals surface area contributed by atoms with E-state index in [2.05, 4.69) is 0 Å². The Bertz CT molecular complexity index is 623. The zero-order chi connectivity index (χ0) is 15.4. The van der Waals surface area contributed by atoms with Crippen LogP contribution >= 0.6 is 0 Å². The molecule has 1 saturated heterocycles. The zero-order valence-corrected chi connectivity index (χ0v) is 12.8. The molecule has 112 valence electrons. The lowest BCUT2D eigenvalue weighted by Gasteiger charge is -2.29. The van der Waals surface area contributed by atoms with Gasteiger partial charge in [-0.05, 0) is 48.9 Å². The van der Waals surface area contributed by atoms with Gasteiger partial charge in [0, 0.05) is 12.1 Å². The second-order valence-electron chi connectivity index (χ2n) is 6.83. The summed E-state index contributed by atoms with van der Waals surface area (Å²) in [6.45, 7) is 5.94. The van der Waals surface area contributed by atoms with Crippen molar-refractivity contribution in [1.29, 1.82) is 0 Å². The first-order valence-electron chi connectivity index (χ1n) is 7.59. The van der Waals surface area contributed by atoms with E-state index in [0.29, 0.717) is 6.42 Å². The fourth-order valence-corrected chi connectivity index (χ4v) is 3.51. The number of nitrogen functional groups attached to an aromatic ring is 1. The van der Waals surface area contributed by atoms with Gasteiger partial charge in [0.25, 0.3) is 0 Å². The quantitative estimate of drug-likeness (QED) is 0.671. The predicted octanol–water partition coefficient (Wildman–Crippen LogP) is 2.68. The van der Waals surface area contributed by atoms with E-state index in [1.54, 1.807) is 0 Å². The zero-order valence-electron chi connectivity index (χ0n) is 12.8. The van der Waals surface area contributed by atoms with Crippen LogP contribution in [0.4, 0.5) is 5.69 Å². The molecule has 3 rings (SSSR count). The number of hydrogen-bond donors (Lipinski definition) is 1. The van der Waals surface area contributed by atoms with Crippen LogP contribution < -0.4 is 5.73 Å². The van der Waals surface area contributed by atoms with Gasteiger partial charge in [-0.1, -0.05) is 19.9 Å². The lowest BCUT2D eigenvalue weighted by atomic mass is 9.78. The number of nitrogens with two attached hydrogens (primary N) is 1. The van der Waals surface area contributed by atoms with Crippen LogP contribution in [-0.2, 0) is 16.0 Å². The number of amides is 2. The fraction of sp³-hybridized carbons (Fsp3) is 0.529. The van der Waals surface area contributed by atoms with E-state index in [4.69, 9.17) is 5.73 Å². The number of anilines is 1. The Morgan fingerprint density at radius 2 is 2.05 bits per heavy atom. The molecular formula is C17H22N2O2. The van der Waals surface area contributed by atoms with Crippen LogP contribution in [0.1, 0.15) is 50.8 Å². The second-order valence-corrected chi connectivity index (χ2v) is 6.83. The molecule has 2 aliphatic rings. The third-order valence-corrected chi connectivity index (χ3v) is 5.29. The Morgan fingerprint density at radius 1 is 1.33 bits per heavy atom. The number of likely N-dealkylation sites (tertiary alicyclic amines) is 1. The summed E-state index contributed by atoms with van der Waals surface area (Å²) in [6, 6.07) is 5.67. The van der Waals surface area contributed by atoms with Gasteiger partial charge in [0.1, 0.15) is 0 Å². The molecule has 2 unspecified atom stereocenters. The standard InChI is InChI=1S/C17H22N2O2/c1-10(2)17(3)9-15(20)19(16(17)21)14-7-4-11-8-12(18)5-6-13(11)14/h5-6,8,10,14H,4,7,9,18H2,1-3H3. The number of fused-ring (bicyclic) bond motifs is 1. The smallest absolute Gasteiger partial charge is 0.236 e. The van der Waals surface area contributed by atoms with Crippen molar-refractivity contribution in [2.45, 2.75) is 46.1 Å². The summed E-state index contributed by atoms with van der Waals surface area (Å²) in [7, 11) is 0. The molecule has 0 bridgehead atoms. The van der Waals surface area contributed by atoms with Crippen LogP contribution in [-0.4, -0.2) is 16.7 Å². The van der Waals surface area contributed by atoms with Gasteiger partial charge in [-0.25, -0.2) is 0 Å². The highest BCUT2D eigenvalue weighted by Crippen LogP contribution is 2.46.